The summed E-state index contributed by atoms with van der Waals surface area (Å²) in [6.07, 6.45) is 0. The zero-order chi connectivity index (χ0) is 15.6. The molecule has 0 aliphatic carbocycles. The Kier molecular flexibility index (Phi) is 5.13. The Balaban J connectivity index is 2.28. The number of carboxylic acids is 1. The van der Waals surface area contributed by atoms with E-state index in [1.54, 1.807) is 0 Å². The van der Waals surface area contributed by atoms with E-state index in [9.17, 15) is 13.4 Å². The topological polar surface area (TPSA) is 54.4 Å². The minimum absolute atomic E-state index is 0.0891. The largest absolute Gasteiger partial charge is 0.478 e. The Hall–Kier alpha value is -1.24. The minimum atomic E-state index is -1.46. The van der Waals surface area contributed by atoms with Crippen LogP contribution in [0, 0.1) is 5.82 Å². The van der Waals surface area contributed by atoms with Crippen molar-refractivity contribution < 1.29 is 18.5 Å². The van der Waals surface area contributed by atoms with Crippen LogP contribution in [0.5, 0.6) is 0 Å². The van der Waals surface area contributed by atoms with Crippen LogP contribution in [0.15, 0.2) is 45.8 Å². The molecule has 2 aromatic carbocycles. The molecule has 0 heterocycles. The molecule has 0 aliphatic heterocycles. The first kappa shape index (κ1) is 16.1. The SMILES string of the molecule is O=C(O)c1cc(S(=O)Cc2ccc(F)cc2Br)ccc1Cl. The van der Waals surface area contributed by atoms with E-state index in [4.69, 9.17) is 16.7 Å². The molecule has 0 fully saturated rings. The maximum absolute atomic E-state index is 13.0. The minimum Gasteiger partial charge on any atom is -0.478 e. The van der Waals surface area contributed by atoms with Crippen LogP contribution in [0.2, 0.25) is 5.02 Å². The van der Waals surface area contributed by atoms with Crippen LogP contribution >= 0.6 is 27.5 Å². The van der Waals surface area contributed by atoms with Gasteiger partial charge in [-0.3, -0.25) is 4.21 Å². The highest BCUT2D eigenvalue weighted by atomic mass is 79.9. The van der Waals surface area contributed by atoms with E-state index in [0.717, 1.165) is 0 Å². The molecular formula is C14H9BrClFO3S. The highest BCUT2D eigenvalue weighted by Gasteiger charge is 2.14. The van der Waals surface area contributed by atoms with Crippen molar-refractivity contribution in [2.45, 2.75) is 10.6 Å². The molecule has 0 saturated heterocycles. The standard InChI is InChI=1S/C14H9BrClFO3S/c15-12-5-9(17)2-1-8(12)7-21(20)10-3-4-13(16)11(6-10)14(18)19/h1-6H,7H2,(H,18,19). The van der Waals surface area contributed by atoms with E-state index >= 15 is 0 Å². The van der Waals surface area contributed by atoms with Gasteiger partial charge in [0.25, 0.3) is 0 Å². The van der Waals surface area contributed by atoms with Crippen molar-refractivity contribution in [3.8, 4) is 0 Å². The molecule has 1 atom stereocenters. The molecule has 0 radical (unpaired) electrons. The van der Waals surface area contributed by atoms with Gasteiger partial charge >= 0.3 is 5.97 Å². The van der Waals surface area contributed by atoms with E-state index in [1.165, 1.54) is 36.4 Å². The molecule has 3 nitrogen and oxygen atoms in total. The fourth-order valence-electron chi connectivity index (χ4n) is 1.67. The van der Waals surface area contributed by atoms with Gasteiger partial charge in [-0.05, 0) is 35.9 Å². The zero-order valence-corrected chi connectivity index (χ0v) is 13.6. The third kappa shape index (κ3) is 3.90. The van der Waals surface area contributed by atoms with Crippen LogP contribution in [0.1, 0.15) is 15.9 Å². The second-order valence-corrected chi connectivity index (χ2v) is 6.89. The van der Waals surface area contributed by atoms with Gasteiger partial charge in [-0.15, -0.1) is 0 Å². The average molecular weight is 392 g/mol. The van der Waals surface area contributed by atoms with Crippen molar-refractivity contribution in [3.05, 3.63) is 62.8 Å². The van der Waals surface area contributed by atoms with Crippen molar-refractivity contribution in [2.75, 3.05) is 0 Å². The molecule has 0 aromatic heterocycles. The molecular weight excluding hydrogens is 383 g/mol. The Morgan fingerprint density at radius 3 is 2.62 bits per heavy atom. The first-order chi connectivity index (χ1) is 9.88. The number of benzene rings is 2. The van der Waals surface area contributed by atoms with Gasteiger partial charge in [0.2, 0.25) is 0 Å². The van der Waals surface area contributed by atoms with E-state index in [-0.39, 0.29) is 16.3 Å². The molecule has 0 aliphatic rings. The summed E-state index contributed by atoms with van der Waals surface area (Å²) >= 11 is 8.98. The van der Waals surface area contributed by atoms with E-state index in [0.29, 0.717) is 14.9 Å². The quantitative estimate of drug-likeness (QED) is 0.848. The number of halogens is 3. The Labute approximate surface area is 136 Å². The highest BCUT2D eigenvalue weighted by molar-refractivity contribution is 9.10. The van der Waals surface area contributed by atoms with Gasteiger partial charge in [0.15, 0.2) is 0 Å². The van der Waals surface area contributed by atoms with Crippen molar-refractivity contribution >= 4 is 44.3 Å². The number of hydrogen-bond acceptors (Lipinski definition) is 2. The van der Waals surface area contributed by atoms with Gasteiger partial charge in [-0.1, -0.05) is 33.6 Å². The van der Waals surface area contributed by atoms with Gasteiger partial charge in [0.1, 0.15) is 5.82 Å². The van der Waals surface area contributed by atoms with Crippen LogP contribution < -0.4 is 0 Å². The molecule has 0 spiro atoms. The third-order valence-electron chi connectivity index (χ3n) is 2.73. The molecule has 1 unspecified atom stereocenters. The van der Waals surface area contributed by atoms with Crippen LogP contribution in [0.3, 0.4) is 0 Å². The Morgan fingerprint density at radius 1 is 1.29 bits per heavy atom. The number of aromatic carboxylic acids is 1. The van der Waals surface area contributed by atoms with Gasteiger partial charge < -0.3 is 5.11 Å². The van der Waals surface area contributed by atoms with Crippen molar-refractivity contribution in [3.63, 3.8) is 0 Å². The molecule has 1 N–H and O–H groups in total. The first-order valence-corrected chi connectivity index (χ1v) is 8.22. The van der Waals surface area contributed by atoms with Gasteiger partial charge in [0.05, 0.1) is 27.1 Å². The van der Waals surface area contributed by atoms with Gasteiger partial charge in [-0.2, -0.15) is 0 Å². The summed E-state index contributed by atoms with van der Waals surface area (Å²) in [5.41, 5.74) is 0.572. The van der Waals surface area contributed by atoms with Crippen LogP contribution in [0.25, 0.3) is 0 Å². The zero-order valence-electron chi connectivity index (χ0n) is 10.5. The van der Waals surface area contributed by atoms with Crippen LogP contribution in [-0.4, -0.2) is 15.3 Å². The molecule has 21 heavy (non-hydrogen) atoms. The second kappa shape index (κ2) is 6.68. The predicted octanol–water partition coefficient (Wildman–Crippen LogP) is 4.25. The molecule has 0 bridgehead atoms. The molecule has 2 aromatic rings. The summed E-state index contributed by atoms with van der Waals surface area (Å²) in [7, 11) is -1.46. The maximum Gasteiger partial charge on any atom is 0.337 e. The molecule has 0 saturated carbocycles. The predicted molar refractivity (Wildman–Crippen MR) is 82.6 cm³/mol. The normalized spacial score (nSPS) is 12.1. The summed E-state index contributed by atoms with van der Waals surface area (Å²) in [6, 6.07) is 8.31. The summed E-state index contributed by atoms with van der Waals surface area (Å²) in [5.74, 6) is -1.43. The maximum atomic E-state index is 13.0. The Bertz CT molecular complexity index is 736. The number of rotatable bonds is 4. The van der Waals surface area contributed by atoms with Crippen molar-refractivity contribution in [1.29, 1.82) is 0 Å². The lowest BCUT2D eigenvalue weighted by Gasteiger charge is -2.07. The van der Waals surface area contributed by atoms with E-state index < -0.39 is 22.6 Å². The lowest BCUT2D eigenvalue weighted by molar-refractivity contribution is 0.0697. The summed E-state index contributed by atoms with van der Waals surface area (Å²) in [4.78, 5) is 11.4. The Morgan fingerprint density at radius 2 is 2.00 bits per heavy atom. The second-order valence-electron chi connectivity index (χ2n) is 4.17. The number of hydrogen-bond donors (Lipinski definition) is 1. The molecule has 2 rings (SSSR count). The first-order valence-electron chi connectivity index (χ1n) is 5.73. The van der Waals surface area contributed by atoms with E-state index in [2.05, 4.69) is 15.9 Å². The van der Waals surface area contributed by atoms with Gasteiger partial charge in [0, 0.05) is 9.37 Å². The van der Waals surface area contributed by atoms with Crippen molar-refractivity contribution in [2.24, 2.45) is 0 Å². The number of carbonyl (C=O) groups is 1. The smallest absolute Gasteiger partial charge is 0.337 e. The van der Waals surface area contributed by atoms with Crippen LogP contribution in [0.4, 0.5) is 4.39 Å². The molecule has 0 amide bonds. The van der Waals surface area contributed by atoms with E-state index in [1.807, 2.05) is 0 Å². The summed E-state index contributed by atoms with van der Waals surface area (Å²) < 4.78 is 25.8. The molecule has 7 heteroatoms. The van der Waals surface area contributed by atoms with Crippen molar-refractivity contribution in [1.82, 2.24) is 0 Å². The summed E-state index contributed by atoms with van der Waals surface area (Å²) in [5, 5.41) is 9.09. The highest BCUT2D eigenvalue weighted by Crippen LogP contribution is 2.24. The monoisotopic (exact) mass is 390 g/mol. The lowest BCUT2D eigenvalue weighted by atomic mass is 10.2. The molecule has 110 valence electrons. The average Bonchev–Trinajstić information content (AvgIpc) is 2.42. The third-order valence-corrected chi connectivity index (χ3v) is 5.15. The lowest BCUT2D eigenvalue weighted by Crippen LogP contribution is -2.02. The van der Waals surface area contributed by atoms with Crippen LogP contribution in [-0.2, 0) is 16.6 Å². The number of carboxylic acid groups (broad SMARTS) is 1. The fourth-order valence-corrected chi connectivity index (χ4v) is 3.72. The summed E-state index contributed by atoms with van der Waals surface area (Å²) in [6.45, 7) is 0. The van der Waals surface area contributed by atoms with Gasteiger partial charge in [-0.25, -0.2) is 9.18 Å². The fraction of sp³-hybridized carbons (Fsp3) is 0.0714.